The molecule has 0 aliphatic rings. The molecule has 0 bridgehead atoms. The lowest BCUT2D eigenvalue weighted by Crippen LogP contribution is -2.00. The minimum atomic E-state index is 0.462. The van der Waals surface area contributed by atoms with Crippen molar-refractivity contribution in [2.24, 2.45) is 0 Å². The van der Waals surface area contributed by atoms with E-state index < -0.39 is 0 Å². The van der Waals surface area contributed by atoms with Gasteiger partial charge in [0.15, 0.2) is 11.5 Å². The summed E-state index contributed by atoms with van der Waals surface area (Å²) < 4.78 is 23.1. The van der Waals surface area contributed by atoms with Crippen LogP contribution in [0.2, 0.25) is 0 Å². The minimum Gasteiger partial charge on any atom is -0.493 e. The van der Waals surface area contributed by atoms with Crippen LogP contribution in [0.3, 0.4) is 0 Å². The van der Waals surface area contributed by atoms with Crippen molar-refractivity contribution in [3.05, 3.63) is 76.9 Å². The molecule has 0 amide bonds. The van der Waals surface area contributed by atoms with Crippen LogP contribution in [0.15, 0.2) is 71.3 Å². The molecular weight excluding hydrogens is 488 g/mol. The Morgan fingerprint density at radius 1 is 0.848 bits per heavy atom. The Kier molecular flexibility index (Phi) is 6.74. The highest BCUT2D eigenvalue weighted by Gasteiger charge is 2.21. The van der Waals surface area contributed by atoms with Crippen LogP contribution < -0.4 is 18.9 Å². The van der Waals surface area contributed by atoms with Gasteiger partial charge in [-0.2, -0.15) is 0 Å². The van der Waals surface area contributed by atoms with Crippen LogP contribution in [0.5, 0.6) is 23.0 Å². The quantitative estimate of drug-likeness (QED) is 0.301. The number of nitrogens with zero attached hydrogens (tertiary/aromatic N) is 2. The second kappa shape index (κ2) is 9.87. The first-order valence-electron chi connectivity index (χ1n) is 10.1. The summed E-state index contributed by atoms with van der Waals surface area (Å²) in [5.41, 5.74) is 3.79. The molecule has 1 aromatic heterocycles. The van der Waals surface area contributed by atoms with Gasteiger partial charge in [-0.1, -0.05) is 36.4 Å². The smallest absolute Gasteiger partial charge is 0.203 e. The SMILES string of the molecule is COc1cc(-c2c(-c3ccc(OCc4ccccc4)c(Br)c3)cnn2O)cc(OC)c1OC. The first-order valence-corrected chi connectivity index (χ1v) is 10.9. The number of rotatable bonds is 8. The molecule has 0 radical (unpaired) electrons. The molecule has 0 atom stereocenters. The zero-order chi connectivity index (χ0) is 23.4. The molecule has 170 valence electrons. The van der Waals surface area contributed by atoms with Crippen LogP contribution in [0, 0.1) is 0 Å². The Balaban J connectivity index is 1.69. The number of aromatic nitrogens is 2. The Morgan fingerprint density at radius 3 is 2.15 bits per heavy atom. The van der Waals surface area contributed by atoms with Crippen molar-refractivity contribution < 1.29 is 24.2 Å². The van der Waals surface area contributed by atoms with E-state index in [4.69, 9.17) is 18.9 Å². The Morgan fingerprint density at radius 2 is 1.55 bits per heavy atom. The normalized spacial score (nSPS) is 10.7. The van der Waals surface area contributed by atoms with Gasteiger partial charge in [0.25, 0.3) is 0 Å². The topological polar surface area (TPSA) is 75.0 Å². The minimum absolute atomic E-state index is 0.462. The maximum Gasteiger partial charge on any atom is 0.203 e. The number of methoxy groups -OCH3 is 3. The third-order valence-corrected chi connectivity index (χ3v) is 5.79. The zero-order valence-corrected chi connectivity index (χ0v) is 20.0. The second-order valence-corrected chi connectivity index (χ2v) is 7.98. The van der Waals surface area contributed by atoms with Crippen LogP contribution in [0.25, 0.3) is 22.4 Å². The molecule has 0 fully saturated rings. The number of hydrogen-bond acceptors (Lipinski definition) is 6. The van der Waals surface area contributed by atoms with Crippen molar-refractivity contribution in [1.29, 1.82) is 0 Å². The van der Waals surface area contributed by atoms with Crippen LogP contribution in [-0.4, -0.2) is 36.5 Å². The van der Waals surface area contributed by atoms with Crippen molar-refractivity contribution in [2.45, 2.75) is 6.61 Å². The molecule has 0 saturated carbocycles. The van der Waals surface area contributed by atoms with Crippen molar-refractivity contribution in [2.75, 3.05) is 21.3 Å². The summed E-state index contributed by atoms with van der Waals surface area (Å²) in [4.78, 5) is 0.837. The van der Waals surface area contributed by atoms with Crippen molar-refractivity contribution in [3.8, 4) is 45.4 Å². The van der Waals surface area contributed by atoms with E-state index in [0.29, 0.717) is 40.9 Å². The fourth-order valence-corrected chi connectivity index (χ4v) is 4.05. The number of hydrogen-bond donors (Lipinski definition) is 1. The fraction of sp³-hybridized carbons (Fsp3) is 0.160. The Labute approximate surface area is 200 Å². The number of ether oxygens (including phenoxy) is 4. The highest BCUT2D eigenvalue weighted by molar-refractivity contribution is 9.10. The van der Waals surface area contributed by atoms with E-state index >= 15 is 0 Å². The van der Waals surface area contributed by atoms with E-state index in [0.717, 1.165) is 26.0 Å². The van der Waals surface area contributed by atoms with Gasteiger partial charge in [-0.3, -0.25) is 0 Å². The molecule has 4 rings (SSSR count). The highest BCUT2D eigenvalue weighted by Crippen LogP contribution is 2.43. The van der Waals surface area contributed by atoms with Crippen LogP contribution >= 0.6 is 15.9 Å². The van der Waals surface area contributed by atoms with Gasteiger partial charge in [0.2, 0.25) is 5.75 Å². The molecule has 0 unspecified atom stereocenters. The molecule has 8 heteroatoms. The van der Waals surface area contributed by atoms with Crippen molar-refractivity contribution >= 4 is 15.9 Å². The fourth-order valence-electron chi connectivity index (χ4n) is 3.56. The summed E-state index contributed by atoms with van der Waals surface area (Å²) in [6.45, 7) is 0.462. The van der Waals surface area contributed by atoms with Gasteiger partial charge in [-0.15, -0.1) is 9.94 Å². The van der Waals surface area contributed by atoms with E-state index in [9.17, 15) is 5.21 Å². The van der Waals surface area contributed by atoms with Gasteiger partial charge in [0.05, 0.1) is 32.0 Å². The maximum absolute atomic E-state index is 10.5. The lowest BCUT2D eigenvalue weighted by atomic mass is 10.0. The van der Waals surface area contributed by atoms with Gasteiger partial charge < -0.3 is 24.2 Å². The third-order valence-electron chi connectivity index (χ3n) is 5.17. The summed E-state index contributed by atoms with van der Waals surface area (Å²) in [5, 5.41) is 14.6. The van der Waals surface area contributed by atoms with Crippen molar-refractivity contribution in [3.63, 3.8) is 0 Å². The summed E-state index contributed by atoms with van der Waals surface area (Å²) in [6, 6.07) is 19.2. The van der Waals surface area contributed by atoms with E-state index in [1.54, 1.807) is 39.7 Å². The molecule has 0 aliphatic heterocycles. The largest absolute Gasteiger partial charge is 0.493 e. The molecule has 7 nitrogen and oxygen atoms in total. The lowest BCUT2D eigenvalue weighted by molar-refractivity contribution is 0.153. The lowest BCUT2D eigenvalue weighted by Gasteiger charge is -2.15. The molecule has 1 N–H and O–H groups in total. The highest BCUT2D eigenvalue weighted by atomic mass is 79.9. The van der Waals surface area contributed by atoms with Crippen LogP contribution in [0.4, 0.5) is 0 Å². The first kappa shape index (κ1) is 22.5. The zero-order valence-electron chi connectivity index (χ0n) is 18.4. The molecular formula is C25H23BrN2O5. The predicted molar refractivity (Wildman–Crippen MR) is 128 cm³/mol. The van der Waals surface area contributed by atoms with Gasteiger partial charge in [-0.25, -0.2) is 0 Å². The van der Waals surface area contributed by atoms with Crippen LogP contribution in [-0.2, 0) is 6.61 Å². The number of halogens is 1. The average molecular weight is 511 g/mol. The van der Waals surface area contributed by atoms with Gasteiger partial charge in [0, 0.05) is 11.1 Å². The summed E-state index contributed by atoms with van der Waals surface area (Å²) in [6.07, 6.45) is 1.60. The third kappa shape index (κ3) is 4.61. The van der Waals surface area contributed by atoms with E-state index in [1.165, 1.54) is 0 Å². The van der Waals surface area contributed by atoms with E-state index in [-0.39, 0.29) is 0 Å². The van der Waals surface area contributed by atoms with E-state index in [2.05, 4.69) is 21.0 Å². The molecule has 33 heavy (non-hydrogen) atoms. The summed E-state index contributed by atoms with van der Waals surface area (Å²) in [5.74, 6) is 2.14. The van der Waals surface area contributed by atoms with Gasteiger partial charge >= 0.3 is 0 Å². The Hall–Kier alpha value is -3.65. The predicted octanol–water partition coefficient (Wildman–Crippen LogP) is 5.82. The molecule has 0 spiro atoms. The maximum atomic E-state index is 10.5. The summed E-state index contributed by atoms with van der Waals surface area (Å²) in [7, 11) is 4.63. The standard InChI is InChI=1S/C25H23BrN2O5/c1-30-22-12-18(13-23(31-2)25(22)32-3)24-19(14-27-28(24)29)17-9-10-21(20(26)11-17)33-15-16-7-5-4-6-8-16/h4-14,29H,15H2,1-3H3. The van der Waals surface area contributed by atoms with Crippen molar-refractivity contribution in [1.82, 2.24) is 9.94 Å². The average Bonchev–Trinajstić information content (AvgIpc) is 3.24. The van der Waals surface area contributed by atoms with Gasteiger partial charge in [0.1, 0.15) is 18.1 Å². The van der Waals surface area contributed by atoms with E-state index in [1.807, 2.05) is 48.5 Å². The molecule has 0 saturated heterocycles. The molecule has 4 aromatic rings. The first-order chi connectivity index (χ1) is 16.0. The molecule has 3 aromatic carbocycles. The van der Waals surface area contributed by atoms with Gasteiger partial charge in [-0.05, 0) is 51.3 Å². The monoisotopic (exact) mass is 510 g/mol. The van der Waals surface area contributed by atoms with Crippen LogP contribution in [0.1, 0.15) is 5.56 Å². The second-order valence-electron chi connectivity index (χ2n) is 7.13. The Bertz CT molecular complexity index is 1230. The summed E-state index contributed by atoms with van der Waals surface area (Å²) >= 11 is 3.60. The molecule has 0 aliphatic carbocycles. The number of benzene rings is 3. The molecule has 1 heterocycles.